The highest BCUT2D eigenvalue weighted by molar-refractivity contribution is 6.74. The number of carbonyl (C=O) groups is 2. The third kappa shape index (κ3) is 7.57. The summed E-state index contributed by atoms with van der Waals surface area (Å²) in [5.74, 6) is 0. The van der Waals surface area contributed by atoms with Gasteiger partial charge in [-0.05, 0) is 56.6 Å². The van der Waals surface area contributed by atoms with Crippen LogP contribution in [0, 0.1) is 0 Å². The summed E-state index contributed by atoms with van der Waals surface area (Å²) in [4.78, 5) is 25.2. The zero-order valence-corrected chi connectivity index (χ0v) is 20.1. The molecule has 1 atom stereocenters. The van der Waals surface area contributed by atoms with E-state index in [4.69, 9.17) is 20.8 Å². The smallest absolute Gasteiger partial charge is 0.410 e. The molecule has 0 N–H and O–H groups in total. The van der Waals surface area contributed by atoms with Crippen molar-refractivity contribution in [2.45, 2.75) is 71.4 Å². The van der Waals surface area contributed by atoms with Crippen LogP contribution in [0.15, 0.2) is 24.3 Å². The van der Waals surface area contributed by atoms with E-state index in [9.17, 15) is 9.59 Å². The molecule has 0 aliphatic rings. The monoisotopic (exact) mass is 427 g/mol. The van der Waals surface area contributed by atoms with Gasteiger partial charge in [-0.25, -0.2) is 4.79 Å². The molecule has 1 rings (SSSR count). The molecule has 0 saturated heterocycles. The summed E-state index contributed by atoms with van der Waals surface area (Å²) in [5, 5.41) is 0.589. The molecule has 0 aliphatic heterocycles. The van der Waals surface area contributed by atoms with E-state index in [2.05, 4.69) is 33.9 Å². The Kier molecular flexibility index (Phi) is 8.29. The van der Waals surface area contributed by atoms with Gasteiger partial charge in [-0.15, -0.1) is 0 Å². The van der Waals surface area contributed by atoms with E-state index in [1.807, 2.05) is 18.2 Å². The average Bonchev–Trinajstić information content (AvgIpc) is 2.50. The van der Waals surface area contributed by atoms with Gasteiger partial charge in [0.25, 0.3) is 0 Å². The van der Waals surface area contributed by atoms with Crippen molar-refractivity contribution in [3.63, 3.8) is 0 Å². The summed E-state index contributed by atoms with van der Waals surface area (Å²) in [6.07, 6.45) is -0.247. The lowest BCUT2D eigenvalue weighted by molar-refractivity contribution is -0.109. The van der Waals surface area contributed by atoms with E-state index in [0.717, 1.165) is 5.56 Å². The molecule has 0 bridgehead atoms. The quantitative estimate of drug-likeness (QED) is 0.405. The fourth-order valence-corrected chi connectivity index (χ4v) is 3.76. The Bertz CT molecular complexity index is 680. The third-order valence-corrected chi connectivity index (χ3v) is 9.52. The van der Waals surface area contributed by atoms with Gasteiger partial charge in [-0.2, -0.15) is 0 Å². The Labute approximate surface area is 175 Å². The topological polar surface area (TPSA) is 55.8 Å². The van der Waals surface area contributed by atoms with Crippen LogP contribution in [-0.4, -0.2) is 44.3 Å². The first-order chi connectivity index (χ1) is 12.7. The van der Waals surface area contributed by atoms with E-state index in [-0.39, 0.29) is 18.1 Å². The minimum atomic E-state index is -2.15. The standard InChI is InChI=1S/C21H34ClNO4Si/c1-20(2,3)26-19(25)23(12-13-24)15-18(16-10-9-11-17(22)14-16)27-28(7,8)21(4,5)6/h9-11,13-14,18H,12,15H2,1-8H3/t18-/m0/s1. The maximum atomic E-state index is 12.6. The zero-order chi connectivity index (χ0) is 21.8. The normalized spacial score (nSPS) is 13.8. The van der Waals surface area contributed by atoms with Crippen LogP contribution >= 0.6 is 11.6 Å². The van der Waals surface area contributed by atoms with Crippen LogP contribution in [0.1, 0.15) is 53.2 Å². The number of aldehydes is 1. The van der Waals surface area contributed by atoms with Crippen molar-refractivity contribution in [2.75, 3.05) is 13.1 Å². The molecule has 1 amide bonds. The number of hydrogen-bond donors (Lipinski definition) is 0. The second-order valence-corrected chi connectivity index (χ2v) is 14.7. The molecule has 0 aliphatic carbocycles. The SMILES string of the molecule is CC(C)(C)OC(=O)N(CC=O)C[C@H](O[Si](C)(C)C(C)(C)C)c1cccc(Cl)c1. The Balaban J connectivity index is 3.22. The molecular formula is C21H34ClNO4Si. The number of hydrogen-bond acceptors (Lipinski definition) is 4. The largest absolute Gasteiger partial charge is 0.444 e. The van der Waals surface area contributed by atoms with Gasteiger partial charge < -0.3 is 14.0 Å². The first-order valence-corrected chi connectivity index (χ1v) is 12.8. The van der Waals surface area contributed by atoms with Crippen LogP contribution in [0.2, 0.25) is 23.2 Å². The molecule has 0 spiro atoms. The molecule has 0 aromatic heterocycles. The molecule has 28 heavy (non-hydrogen) atoms. The number of nitrogens with zero attached hydrogens (tertiary/aromatic N) is 1. The van der Waals surface area contributed by atoms with E-state index < -0.39 is 26.1 Å². The molecule has 7 heteroatoms. The fraction of sp³-hybridized carbons (Fsp3) is 0.619. The van der Waals surface area contributed by atoms with Gasteiger partial charge in [-0.1, -0.05) is 44.5 Å². The minimum Gasteiger partial charge on any atom is -0.444 e. The molecule has 158 valence electrons. The first-order valence-electron chi connectivity index (χ1n) is 9.51. The second kappa shape index (κ2) is 9.42. The Morgan fingerprint density at radius 1 is 1.21 bits per heavy atom. The van der Waals surface area contributed by atoms with Gasteiger partial charge in [0.2, 0.25) is 0 Å². The Morgan fingerprint density at radius 3 is 2.29 bits per heavy atom. The number of ether oxygens (including phenoxy) is 1. The maximum absolute atomic E-state index is 12.6. The summed E-state index contributed by atoms with van der Waals surface area (Å²) in [6.45, 7) is 16.3. The summed E-state index contributed by atoms with van der Waals surface area (Å²) in [5.41, 5.74) is 0.223. The van der Waals surface area contributed by atoms with Crippen LogP contribution in [0.25, 0.3) is 0 Å². The van der Waals surface area contributed by atoms with Gasteiger partial charge in [0.1, 0.15) is 11.9 Å². The molecule has 1 aromatic rings. The minimum absolute atomic E-state index is 0.00870. The zero-order valence-electron chi connectivity index (χ0n) is 18.3. The Hall–Kier alpha value is -1.37. The molecule has 0 radical (unpaired) electrons. The van der Waals surface area contributed by atoms with Crippen molar-refractivity contribution in [2.24, 2.45) is 0 Å². The van der Waals surface area contributed by atoms with Crippen LogP contribution in [0.5, 0.6) is 0 Å². The van der Waals surface area contributed by atoms with E-state index >= 15 is 0 Å². The summed E-state index contributed by atoms with van der Waals surface area (Å²) in [6, 6.07) is 7.42. The van der Waals surface area contributed by atoms with Gasteiger partial charge in [0, 0.05) is 5.02 Å². The molecule has 0 heterocycles. The highest BCUT2D eigenvalue weighted by atomic mass is 35.5. The van der Waals surface area contributed by atoms with Crippen molar-refractivity contribution in [1.82, 2.24) is 4.90 Å². The number of rotatable bonds is 7. The van der Waals surface area contributed by atoms with Gasteiger partial charge in [0.05, 0.1) is 19.2 Å². The van der Waals surface area contributed by atoms with Crippen LogP contribution in [0.3, 0.4) is 0 Å². The predicted molar refractivity (Wildman–Crippen MR) is 116 cm³/mol. The molecule has 5 nitrogen and oxygen atoms in total. The maximum Gasteiger partial charge on any atom is 0.410 e. The van der Waals surface area contributed by atoms with Gasteiger partial charge in [-0.3, -0.25) is 4.90 Å². The van der Waals surface area contributed by atoms with Crippen LogP contribution < -0.4 is 0 Å². The first kappa shape index (κ1) is 24.7. The Morgan fingerprint density at radius 2 is 1.82 bits per heavy atom. The number of benzene rings is 1. The van der Waals surface area contributed by atoms with Crippen molar-refractivity contribution in [3.05, 3.63) is 34.9 Å². The van der Waals surface area contributed by atoms with E-state index in [1.165, 1.54) is 4.90 Å². The van der Waals surface area contributed by atoms with Crippen molar-refractivity contribution < 1.29 is 18.8 Å². The van der Waals surface area contributed by atoms with E-state index in [1.54, 1.807) is 26.8 Å². The lowest BCUT2D eigenvalue weighted by atomic mass is 10.1. The van der Waals surface area contributed by atoms with Crippen molar-refractivity contribution >= 4 is 32.3 Å². The average molecular weight is 428 g/mol. The third-order valence-electron chi connectivity index (χ3n) is 4.80. The molecule has 1 aromatic carbocycles. The predicted octanol–water partition coefficient (Wildman–Crippen LogP) is 5.84. The van der Waals surface area contributed by atoms with Crippen molar-refractivity contribution in [1.29, 1.82) is 0 Å². The lowest BCUT2D eigenvalue weighted by Gasteiger charge is -2.40. The number of carbonyl (C=O) groups excluding carboxylic acids is 2. The van der Waals surface area contributed by atoms with E-state index in [0.29, 0.717) is 11.3 Å². The molecular weight excluding hydrogens is 394 g/mol. The highest BCUT2D eigenvalue weighted by Gasteiger charge is 2.40. The van der Waals surface area contributed by atoms with Gasteiger partial charge >= 0.3 is 6.09 Å². The fourth-order valence-electron chi connectivity index (χ4n) is 2.29. The molecule has 0 fully saturated rings. The highest BCUT2D eigenvalue weighted by Crippen LogP contribution is 2.40. The molecule has 0 unspecified atom stereocenters. The van der Waals surface area contributed by atoms with Crippen LogP contribution in [-0.2, 0) is 14.0 Å². The summed E-state index contributed by atoms with van der Waals surface area (Å²) < 4.78 is 12.1. The lowest BCUT2D eigenvalue weighted by Crippen LogP contribution is -2.46. The second-order valence-electron chi connectivity index (χ2n) is 9.47. The molecule has 0 saturated carbocycles. The number of amides is 1. The summed E-state index contributed by atoms with van der Waals surface area (Å²) in [7, 11) is -2.15. The van der Waals surface area contributed by atoms with Gasteiger partial charge in [0.15, 0.2) is 8.32 Å². The van der Waals surface area contributed by atoms with Crippen molar-refractivity contribution in [3.8, 4) is 0 Å². The number of halogens is 1. The van der Waals surface area contributed by atoms with Crippen LogP contribution in [0.4, 0.5) is 4.79 Å². The summed E-state index contributed by atoms with van der Waals surface area (Å²) >= 11 is 6.19.